The first-order valence-electron chi connectivity index (χ1n) is 16.3. The third kappa shape index (κ3) is 4.45. The van der Waals surface area contributed by atoms with E-state index in [0.29, 0.717) is 27.8 Å². The lowest BCUT2D eigenvalue weighted by Crippen LogP contribution is -2.48. The van der Waals surface area contributed by atoms with Crippen LogP contribution in [0.3, 0.4) is 0 Å². The van der Waals surface area contributed by atoms with Crippen LogP contribution >= 0.6 is 0 Å². The second kappa shape index (κ2) is 10.9. The van der Waals surface area contributed by atoms with E-state index >= 15 is 0 Å². The summed E-state index contributed by atoms with van der Waals surface area (Å²) in [4.78, 5) is 30.6. The van der Waals surface area contributed by atoms with E-state index in [9.17, 15) is 9.59 Å². The maximum Gasteiger partial charge on any atom is 0.259 e. The highest BCUT2D eigenvalue weighted by Gasteiger charge is 2.47. The van der Waals surface area contributed by atoms with Crippen LogP contribution in [0.1, 0.15) is 104 Å². The first-order valence-corrected chi connectivity index (χ1v) is 18.5. The van der Waals surface area contributed by atoms with Gasteiger partial charge in [-0.05, 0) is 40.4 Å². The first kappa shape index (κ1) is 30.6. The van der Waals surface area contributed by atoms with E-state index in [0.717, 1.165) is 57.9 Å². The number of imide groups is 1. The van der Waals surface area contributed by atoms with Gasteiger partial charge in [-0.1, -0.05) is 98.7 Å². The Hall–Kier alpha value is -3.42. The number of H-pyrrole nitrogens is 1. The number of hydrogen-bond acceptors (Lipinski definition) is 3. The number of rotatable bonds is 9. The quantitative estimate of drug-likeness (QED) is 0.147. The number of para-hydroxylation sites is 2. The van der Waals surface area contributed by atoms with Crippen molar-refractivity contribution in [2.45, 2.75) is 110 Å². The fourth-order valence-corrected chi connectivity index (χ4v) is 14.1. The standard InChI is InChI=1S/C37H47N3O3Si/c1-10-30(43-44(21(2)3,22(4)5)23(6)7)26-15-11-13-24-27(19-38-33(24)26)31-32(36(42)39-35(31)41)28-20-40-18-17-37(8,9)29-16-12-14-25(28)34(29)40/h11-16,19-23,30,38H,10,17-18H2,1-9H3,(H,39,41,42). The molecule has 2 aromatic heterocycles. The third-order valence-corrected chi connectivity index (χ3v) is 16.7. The maximum atomic E-state index is 13.6. The Morgan fingerprint density at radius 3 is 2.14 bits per heavy atom. The molecule has 2 amide bonds. The van der Waals surface area contributed by atoms with Crippen molar-refractivity contribution < 1.29 is 14.0 Å². The second-order valence-electron chi connectivity index (χ2n) is 14.4. The van der Waals surface area contributed by atoms with Gasteiger partial charge >= 0.3 is 0 Å². The van der Waals surface area contributed by atoms with E-state index in [4.69, 9.17) is 4.43 Å². The normalized spacial score (nSPS) is 17.6. The van der Waals surface area contributed by atoms with Crippen LogP contribution in [0.25, 0.3) is 33.0 Å². The second-order valence-corrected chi connectivity index (χ2v) is 19.8. The van der Waals surface area contributed by atoms with Crippen molar-refractivity contribution in [3.63, 3.8) is 0 Å². The predicted molar refractivity (Wildman–Crippen MR) is 183 cm³/mol. The molecule has 0 fully saturated rings. The van der Waals surface area contributed by atoms with Gasteiger partial charge in [-0.3, -0.25) is 14.9 Å². The molecule has 4 aromatic rings. The van der Waals surface area contributed by atoms with Gasteiger partial charge in [0.05, 0.1) is 28.3 Å². The summed E-state index contributed by atoms with van der Waals surface area (Å²) in [6.07, 6.45) is 5.77. The minimum atomic E-state index is -2.15. The van der Waals surface area contributed by atoms with E-state index in [1.807, 2.05) is 12.3 Å². The fourth-order valence-electron chi connectivity index (χ4n) is 8.46. The number of amides is 2. The molecule has 0 saturated carbocycles. The van der Waals surface area contributed by atoms with Crippen LogP contribution in [-0.4, -0.2) is 29.7 Å². The van der Waals surface area contributed by atoms with Gasteiger partial charge in [0, 0.05) is 46.4 Å². The molecule has 0 aliphatic carbocycles. The van der Waals surface area contributed by atoms with Gasteiger partial charge in [0.1, 0.15) is 0 Å². The molecule has 1 atom stereocenters. The molecule has 2 aromatic carbocycles. The Labute approximate surface area is 262 Å². The molecule has 2 aliphatic heterocycles. The zero-order valence-corrected chi connectivity index (χ0v) is 28.7. The van der Waals surface area contributed by atoms with Crippen LogP contribution in [0.5, 0.6) is 0 Å². The van der Waals surface area contributed by atoms with Crippen molar-refractivity contribution in [3.8, 4) is 0 Å². The number of aromatic nitrogens is 2. The largest absolute Gasteiger partial charge is 0.409 e. The summed E-state index contributed by atoms with van der Waals surface area (Å²) in [5.74, 6) is -0.687. The smallest absolute Gasteiger partial charge is 0.259 e. The van der Waals surface area contributed by atoms with Gasteiger partial charge < -0.3 is 14.0 Å². The Balaban J connectivity index is 1.52. The van der Waals surface area contributed by atoms with Crippen LogP contribution in [0, 0.1) is 0 Å². The van der Waals surface area contributed by atoms with E-state index in [2.05, 4.69) is 114 Å². The van der Waals surface area contributed by atoms with E-state index in [1.165, 1.54) is 5.56 Å². The van der Waals surface area contributed by atoms with Crippen molar-refractivity contribution in [3.05, 3.63) is 71.0 Å². The summed E-state index contributed by atoms with van der Waals surface area (Å²) in [7, 11) is -2.15. The van der Waals surface area contributed by atoms with Gasteiger partial charge in [0.2, 0.25) is 8.32 Å². The number of hydrogen-bond donors (Lipinski definition) is 2. The van der Waals surface area contributed by atoms with Gasteiger partial charge in [0.25, 0.3) is 11.8 Å². The Morgan fingerprint density at radius 2 is 1.50 bits per heavy atom. The molecule has 2 aliphatic rings. The highest BCUT2D eigenvalue weighted by atomic mass is 28.4. The van der Waals surface area contributed by atoms with Crippen molar-refractivity contribution in [1.82, 2.24) is 14.9 Å². The number of benzene rings is 2. The Bertz CT molecular complexity index is 1800. The summed E-state index contributed by atoms with van der Waals surface area (Å²) >= 11 is 0. The van der Waals surface area contributed by atoms with Gasteiger partial charge in [-0.25, -0.2) is 0 Å². The molecule has 1 unspecified atom stereocenters. The van der Waals surface area contributed by atoms with Crippen molar-refractivity contribution in [2.24, 2.45) is 0 Å². The van der Waals surface area contributed by atoms with Gasteiger partial charge in [-0.15, -0.1) is 0 Å². The summed E-state index contributed by atoms with van der Waals surface area (Å²) in [6, 6.07) is 12.6. The molecule has 0 bridgehead atoms. The van der Waals surface area contributed by atoms with Crippen LogP contribution < -0.4 is 5.32 Å². The molecule has 6 rings (SSSR count). The fraction of sp³-hybridized carbons (Fsp3) is 0.459. The van der Waals surface area contributed by atoms with Crippen molar-refractivity contribution in [1.29, 1.82) is 0 Å². The number of fused-ring (bicyclic) bond motifs is 1. The average molecular weight is 610 g/mol. The molecule has 232 valence electrons. The minimum absolute atomic E-state index is 0.0440. The summed E-state index contributed by atoms with van der Waals surface area (Å²) in [5.41, 5.74) is 8.44. The molecular formula is C37H47N3O3Si. The monoisotopic (exact) mass is 609 g/mol. The van der Waals surface area contributed by atoms with E-state index in [-0.39, 0.29) is 23.3 Å². The number of aryl methyl sites for hydroxylation is 1. The average Bonchev–Trinajstić information content (AvgIpc) is 3.64. The van der Waals surface area contributed by atoms with Crippen LogP contribution in [0.15, 0.2) is 48.8 Å². The number of nitrogens with one attached hydrogen (secondary N) is 2. The highest BCUT2D eigenvalue weighted by molar-refractivity contribution is 6.77. The predicted octanol–water partition coefficient (Wildman–Crippen LogP) is 9.01. The Kier molecular flexibility index (Phi) is 7.57. The minimum Gasteiger partial charge on any atom is -0.409 e. The Morgan fingerprint density at radius 1 is 0.886 bits per heavy atom. The van der Waals surface area contributed by atoms with E-state index in [1.54, 1.807) is 0 Å². The van der Waals surface area contributed by atoms with Gasteiger partial charge in [0.15, 0.2) is 0 Å². The zero-order chi connectivity index (χ0) is 31.7. The maximum absolute atomic E-state index is 13.6. The van der Waals surface area contributed by atoms with Crippen molar-refractivity contribution in [2.75, 3.05) is 0 Å². The topological polar surface area (TPSA) is 76.1 Å². The molecule has 0 spiro atoms. The third-order valence-electron chi connectivity index (χ3n) is 10.6. The molecule has 44 heavy (non-hydrogen) atoms. The highest BCUT2D eigenvalue weighted by Crippen LogP contribution is 2.48. The van der Waals surface area contributed by atoms with Crippen LogP contribution in [0.2, 0.25) is 16.6 Å². The summed E-state index contributed by atoms with van der Waals surface area (Å²) < 4.78 is 9.56. The summed E-state index contributed by atoms with van der Waals surface area (Å²) in [6.45, 7) is 21.5. The van der Waals surface area contributed by atoms with Crippen LogP contribution in [0.4, 0.5) is 0 Å². The molecular weight excluding hydrogens is 563 g/mol. The molecule has 4 heterocycles. The molecule has 0 saturated heterocycles. The zero-order valence-electron chi connectivity index (χ0n) is 27.7. The molecule has 0 radical (unpaired) electrons. The number of nitrogens with zero attached hydrogens (tertiary/aromatic N) is 1. The lowest BCUT2D eigenvalue weighted by Gasteiger charge is -2.44. The van der Waals surface area contributed by atoms with Crippen LogP contribution in [-0.2, 0) is 26.0 Å². The summed E-state index contributed by atoms with van der Waals surface area (Å²) in [5, 5.41) is 4.58. The van der Waals surface area contributed by atoms with Crippen molar-refractivity contribution >= 4 is 53.1 Å². The SMILES string of the molecule is CCC(O[Si](C(C)C)(C(C)C)C(C)C)c1cccc2c(C3=C(c4cn5c6c(cccc46)C(C)(C)CC5)C(=O)NC3=O)c[nH]c12. The number of carbonyl (C=O) groups is 2. The number of aromatic amines is 1. The molecule has 6 nitrogen and oxygen atoms in total. The lowest BCUT2D eigenvalue weighted by atomic mass is 9.78. The molecule has 2 N–H and O–H groups in total. The number of carbonyl (C=O) groups excluding carboxylic acids is 2. The lowest BCUT2D eigenvalue weighted by molar-refractivity contribution is -0.122. The van der Waals surface area contributed by atoms with E-state index < -0.39 is 8.32 Å². The first-order chi connectivity index (χ1) is 20.8. The van der Waals surface area contributed by atoms with Gasteiger partial charge in [-0.2, -0.15) is 0 Å². The molecule has 7 heteroatoms.